The van der Waals surface area contributed by atoms with E-state index >= 15 is 0 Å². The number of anilines is 2. The van der Waals surface area contributed by atoms with Crippen LogP contribution in [0.2, 0.25) is 0 Å². The fraction of sp³-hybridized carbons (Fsp3) is 0.412. The summed E-state index contributed by atoms with van der Waals surface area (Å²) in [6.07, 6.45) is 2.68. The van der Waals surface area contributed by atoms with Gasteiger partial charge in [0.05, 0.1) is 0 Å². The molecule has 0 atom stereocenters. The second-order valence-electron chi connectivity index (χ2n) is 5.65. The Bertz CT molecular complexity index is 583. The number of nitrogens with zero attached hydrogens (tertiary/aromatic N) is 3. The van der Waals surface area contributed by atoms with Crippen LogP contribution in [0.1, 0.15) is 17.5 Å². The van der Waals surface area contributed by atoms with Crippen LogP contribution in [-0.4, -0.2) is 42.1 Å². The van der Waals surface area contributed by atoms with Crippen molar-refractivity contribution >= 4 is 11.6 Å². The third kappa shape index (κ3) is 5.33. The molecule has 0 fully saturated rings. The van der Waals surface area contributed by atoms with E-state index in [-0.39, 0.29) is 0 Å². The Hall–Kier alpha value is -2.14. The molecule has 0 bridgehead atoms. The normalized spacial score (nSPS) is 10.7. The average molecular weight is 299 g/mol. The van der Waals surface area contributed by atoms with Gasteiger partial charge in [-0.05, 0) is 45.1 Å². The minimum Gasteiger partial charge on any atom is -0.370 e. The summed E-state index contributed by atoms with van der Waals surface area (Å²) >= 11 is 0. The van der Waals surface area contributed by atoms with E-state index in [9.17, 15) is 0 Å². The third-order valence-corrected chi connectivity index (χ3v) is 3.48. The lowest BCUT2D eigenvalue weighted by atomic mass is 10.1. The molecule has 2 rings (SSSR count). The summed E-state index contributed by atoms with van der Waals surface area (Å²) in [4.78, 5) is 10.7. The van der Waals surface area contributed by atoms with Crippen LogP contribution in [0.4, 0.5) is 11.6 Å². The Morgan fingerprint density at radius 3 is 2.50 bits per heavy atom. The average Bonchev–Trinajstić information content (AvgIpc) is 2.51. The minimum absolute atomic E-state index is 0.768. The molecule has 5 heteroatoms. The van der Waals surface area contributed by atoms with E-state index in [1.807, 2.05) is 6.07 Å². The van der Waals surface area contributed by atoms with Crippen LogP contribution in [0.25, 0.3) is 0 Å². The zero-order valence-corrected chi connectivity index (χ0v) is 13.6. The van der Waals surface area contributed by atoms with Crippen molar-refractivity contribution in [1.29, 1.82) is 0 Å². The number of hydrogen-bond acceptors (Lipinski definition) is 5. The van der Waals surface area contributed by atoms with Crippen LogP contribution < -0.4 is 10.6 Å². The monoisotopic (exact) mass is 299 g/mol. The lowest BCUT2D eigenvalue weighted by Crippen LogP contribution is -2.16. The second kappa shape index (κ2) is 8.34. The van der Waals surface area contributed by atoms with E-state index in [1.165, 1.54) is 11.1 Å². The molecule has 2 aromatic rings. The number of rotatable bonds is 8. The van der Waals surface area contributed by atoms with Crippen molar-refractivity contribution in [3.05, 3.63) is 47.8 Å². The molecule has 0 saturated heterocycles. The summed E-state index contributed by atoms with van der Waals surface area (Å²) in [6.45, 7) is 4.86. The molecule has 2 N–H and O–H groups in total. The van der Waals surface area contributed by atoms with E-state index in [4.69, 9.17) is 0 Å². The summed E-state index contributed by atoms with van der Waals surface area (Å²) in [6, 6.07) is 10.3. The predicted molar refractivity (Wildman–Crippen MR) is 92.2 cm³/mol. The van der Waals surface area contributed by atoms with Gasteiger partial charge < -0.3 is 15.5 Å². The van der Waals surface area contributed by atoms with Gasteiger partial charge in [0.25, 0.3) is 0 Å². The van der Waals surface area contributed by atoms with Gasteiger partial charge in [-0.3, -0.25) is 0 Å². The van der Waals surface area contributed by atoms with Crippen LogP contribution in [0, 0.1) is 6.92 Å². The first-order chi connectivity index (χ1) is 10.6. The molecule has 1 aromatic heterocycles. The van der Waals surface area contributed by atoms with Gasteiger partial charge in [0.1, 0.15) is 18.0 Å². The maximum Gasteiger partial charge on any atom is 0.131 e. The summed E-state index contributed by atoms with van der Waals surface area (Å²) in [7, 11) is 4.16. The molecule has 0 saturated carbocycles. The molecule has 0 amide bonds. The number of nitrogens with one attached hydrogen (secondary N) is 2. The van der Waals surface area contributed by atoms with E-state index in [0.717, 1.165) is 37.7 Å². The van der Waals surface area contributed by atoms with Gasteiger partial charge in [-0.1, -0.05) is 24.3 Å². The van der Waals surface area contributed by atoms with Gasteiger partial charge in [0.2, 0.25) is 0 Å². The van der Waals surface area contributed by atoms with E-state index in [0.29, 0.717) is 0 Å². The SMILES string of the molecule is Cc1ccccc1CNc1cc(NCCCN(C)C)ncn1. The van der Waals surface area contributed by atoms with E-state index in [2.05, 4.69) is 70.8 Å². The topological polar surface area (TPSA) is 53.1 Å². The zero-order valence-electron chi connectivity index (χ0n) is 13.6. The maximum atomic E-state index is 4.27. The van der Waals surface area contributed by atoms with Gasteiger partial charge in [0, 0.05) is 19.2 Å². The van der Waals surface area contributed by atoms with E-state index in [1.54, 1.807) is 6.33 Å². The van der Waals surface area contributed by atoms with Crippen molar-refractivity contribution in [3.63, 3.8) is 0 Å². The molecule has 22 heavy (non-hydrogen) atoms. The quantitative estimate of drug-likeness (QED) is 0.734. The molecule has 1 heterocycles. The van der Waals surface area contributed by atoms with Crippen molar-refractivity contribution in [1.82, 2.24) is 14.9 Å². The molecule has 0 aliphatic rings. The third-order valence-electron chi connectivity index (χ3n) is 3.48. The van der Waals surface area contributed by atoms with Gasteiger partial charge in [-0.25, -0.2) is 9.97 Å². The van der Waals surface area contributed by atoms with Crippen LogP contribution in [0.3, 0.4) is 0 Å². The largest absolute Gasteiger partial charge is 0.370 e. The Morgan fingerprint density at radius 2 is 1.77 bits per heavy atom. The number of aryl methyl sites for hydroxylation is 1. The lowest BCUT2D eigenvalue weighted by molar-refractivity contribution is 0.405. The molecule has 118 valence electrons. The Labute approximate surface area is 132 Å². The zero-order chi connectivity index (χ0) is 15.8. The standard InChI is InChI=1S/C17H25N5/c1-14-7-4-5-8-15(14)12-19-17-11-16(20-13-21-17)18-9-6-10-22(2)3/h4-5,7-8,11,13H,6,9-10,12H2,1-3H3,(H2,18,19,20,21). The van der Waals surface area contributed by atoms with Gasteiger partial charge in [0.15, 0.2) is 0 Å². The van der Waals surface area contributed by atoms with Crippen molar-refractivity contribution < 1.29 is 0 Å². The molecule has 0 spiro atoms. The van der Waals surface area contributed by atoms with Gasteiger partial charge in [-0.2, -0.15) is 0 Å². The molecule has 1 aromatic carbocycles. The summed E-state index contributed by atoms with van der Waals surface area (Å²) in [5.41, 5.74) is 2.56. The number of benzene rings is 1. The first-order valence-electron chi connectivity index (χ1n) is 7.64. The van der Waals surface area contributed by atoms with Gasteiger partial charge >= 0.3 is 0 Å². The highest BCUT2D eigenvalue weighted by molar-refractivity contribution is 5.47. The molecule has 0 unspecified atom stereocenters. The Morgan fingerprint density at radius 1 is 1.05 bits per heavy atom. The maximum absolute atomic E-state index is 4.27. The molecular formula is C17H25N5. The van der Waals surface area contributed by atoms with Crippen molar-refractivity contribution in [2.24, 2.45) is 0 Å². The fourth-order valence-electron chi connectivity index (χ4n) is 2.16. The summed E-state index contributed by atoms with van der Waals surface area (Å²) < 4.78 is 0. The van der Waals surface area contributed by atoms with Crippen LogP contribution in [0.5, 0.6) is 0 Å². The fourth-order valence-corrected chi connectivity index (χ4v) is 2.16. The van der Waals surface area contributed by atoms with Crippen LogP contribution >= 0.6 is 0 Å². The van der Waals surface area contributed by atoms with Gasteiger partial charge in [-0.15, -0.1) is 0 Å². The van der Waals surface area contributed by atoms with Crippen molar-refractivity contribution in [2.75, 3.05) is 37.8 Å². The summed E-state index contributed by atoms with van der Waals surface area (Å²) in [5.74, 6) is 1.70. The van der Waals surface area contributed by atoms with Crippen molar-refractivity contribution in [3.8, 4) is 0 Å². The molecular weight excluding hydrogens is 274 g/mol. The highest BCUT2D eigenvalue weighted by Crippen LogP contribution is 2.12. The second-order valence-corrected chi connectivity index (χ2v) is 5.65. The first kappa shape index (κ1) is 16.2. The number of aromatic nitrogens is 2. The van der Waals surface area contributed by atoms with Crippen LogP contribution in [-0.2, 0) is 6.54 Å². The van der Waals surface area contributed by atoms with Crippen molar-refractivity contribution in [2.45, 2.75) is 19.9 Å². The first-order valence-corrected chi connectivity index (χ1v) is 7.64. The molecule has 0 radical (unpaired) electrons. The number of hydrogen-bond donors (Lipinski definition) is 2. The predicted octanol–water partition coefficient (Wildman–Crippen LogP) is 2.76. The smallest absolute Gasteiger partial charge is 0.131 e. The Balaban J connectivity index is 1.85. The highest BCUT2D eigenvalue weighted by Gasteiger charge is 2.01. The van der Waals surface area contributed by atoms with E-state index < -0.39 is 0 Å². The molecule has 5 nitrogen and oxygen atoms in total. The highest BCUT2D eigenvalue weighted by atomic mass is 15.1. The minimum atomic E-state index is 0.768. The van der Waals surface area contributed by atoms with Crippen LogP contribution in [0.15, 0.2) is 36.7 Å². The lowest BCUT2D eigenvalue weighted by Gasteiger charge is -2.11. The summed E-state index contributed by atoms with van der Waals surface area (Å²) in [5, 5.41) is 6.68. The molecule has 0 aliphatic carbocycles. The molecule has 0 aliphatic heterocycles. The Kier molecular flexibility index (Phi) is 6.15.